The summed E-state index contributed by atoms with van der Waals surface area (Å²) in [6.07, 6.45) is 3.85. The summed E-state index contributed by atoms with van der Waals surface area (Å²) in [6.45, 7) is 8.39. The third kappa shape index (κ3) is 10.0. The van der Waals surface area contributed by atoms with E-state index in [0.29, 0.717) is 0 Å². The summed E-state index contributed by atoms with van der Waals surface area (Å²) in [7, 11) is 0. The molecule has 0 rings (SSSR count). The molecule has 0 aromatic rings. The van der Waals surface area contributed by atoms with Gasteiger partial charge in [0.15, 0.2) is 0 Å². The Hall–Kier alpha value is -2.20. The predicted molar refractivity (Wildman–Crippen MR) is 112 cm³/mol. The second-order valence-electron chi connectivity index (χ2n) is 7.40. The average Bonchev–Trinajstić information content (AvgIpc) is 2.71. The molecule has 2 atom stereocenters. The van der Waals surface area contributed by atoms with Crippen LogP contribution in [0.4, 0.5) is 9.59 Å². The van der Waals surface area contributed by atoms with Crippen molar-refractivity contribution in [3.05, 3.63) is 0 Å². The molecule has 0 saturated heterocycles. The maximum atomic E-state index is 12.4. The molecule has 174 valence electrons. The molecule has 10 nitrogen and oxygen atoms in total. The van der Waals surface area contributed by atoms with Crippen molar-refractivity contribution in [1.82, 2.24) is 20.9 Å². The molecular weight excluding hydrogens is 392 g/mol. The minimum Gasteiger partial charge on any atom is -0.464 e. The van der Waals surface area contributed by atoms with Gasteiger partial charge >= 0.3 is 24.0 Å². The van der Waals surface area contributed by atoms with Crippen LogP contribution < -0.4 is 10.9 Å². The molecule has 0 fully saturated rings. The molecule has 10 heteroatoms. The van der Waals surface area contributed by atoms with Crippen molar-refractivity contribution in [1.29, 1.82) is 0 Å². The number of carbonyl (C=O) groups is 4. The normalized spacial score (nSPS) is 12.8. The van der Waals surface area contributed by atoms with Gasteiger partial charge in [-0.05, 0) is 24.7 Å². The van der Waals surface area contributed by atoms with E-state index in [1.807, 2.05) is 27.7 Å². The highest BCUT2D eigenvalue weighted by molar-refractivity contribution is 6.38. The summed E-state index contributed by atoms with van der Waals surface area (Å²) in [5, 5.41) is 19.0. The highest BCUT2D eigenvalue weighted by Crippen LogP contribution is 2.13. The van der Waals surface area contributed by atoms with Gasteiger partial charge in [0.2, 0.25) is 0 Å². The van der Waals surface area contributed by atoms with E-state index in [1.54, 1.807) is 0 Å². The van der Waals surface area contributed by atoms with Crippen molar-refractivity contribution in [2.75, 3.05) is 13.1 Å². The van der Waals surface area contributed by atoms with E-state index < -0.39 is 24.0 Å². The fourth-order valence-corrected chi connectivity index (χ4v) is 2.97. The zero-order valence-electron chi connectivity index (χ0n) is 18.6. The van der Waals surface area contributed by atoms with Crippen LogP contribution in [0.2, 0.25) is 0 Å². The van der Waals surface area contributed by atoms with Crippen molar-refractivity contribution in [2.24, 2.45) is 11.8 Å². The summed E-state index contributed by atoms with van der Waals surface area (Å²) in [5.74, 6) is -2.67. The van der Waals surface area contributed by atoms with Crippen molar-refractivity contribution < 1.29 is 29.4 Å². The third-order valence-electron chi connectivity index (χ3n) is 5.13. The van der Waals surface area contributed by atoms with E-state index in [2.05, 4.69) is 10.9 Å². The molecule has 0 aromatic heterocycles. The van der Waals surface area contributed by atoms with Crippen molar-refractivity contribution in [2.45, 2.75) is 79.1 Å². The van der Waals surface area contributed by atoms with Crippen molar-refractivity contribution in [3.8, 4) is 0 Å². The van der Waals surface area contributed by atoms with Crippen LogP contribution in [0.5, 0.6) is 0 Å². The van der Waals surface area contributed by atoms with E-state index >= 15 is 0 Å². The minimum absolute atomic E-state index is 0.132. The van der Waals surface area contributed by atoms with Gasteiger partial charge in [-0.25, -0.2) is 20.4 Å². The Morgan fingerprint density at radius 3 is 1.27 bits per heavy atom. The lowest BCUT2D eigenvalue weighted by atomic mass is 10.00. The van der Waals surface area contributed by atoms with Gasteiger partial charge in [0, 0.05) is 13.1 Å². The second-order valence-corrected chi connectivity index (χ2v) is 7.40. The number of hydrogen-bond donors (Lipinski definition) is 4. The standard InChI is InChI=1S/C20H38N4O6/c1-5-9-11-15(7-3)13-21-23(19(27)28)17(25)18(26)24(20(29)30)22-14-16(8-4)12-10-6-2/h15-16,21-22H,5-14H2,1-4H3,(H,27,28)(H,29,30). The van der Waals surface area contributed by atoms with E-state index in [4.69, 9.17) is 0 Å². The molecule has 0 aliphatic carbocycles. The lowest BCUT2D eigenvalue weighted by molar-refractivity contribution is -0.152. The van der Waals surface area contributed by atoms with Gasteiger partial charge in [0.1, 0.15) is 0 Å². The van der Waals surface area contributed by atoms with Crippen LogP contribution in [0.1, 0.15) is 79.1 Å². The lowest BCUT2D eigenvalue weighted by Crippen LogP contribution is -2.58. The number of nitrogens with one attached hydrogen (secondary N) is 2. The van der Waals surface area contributed by atoms with Crippen LogP contribution >= 0.6 is 0 Å². The zero-order valence-corrected chi connectivity index (χ0v) is 18.6. The number of nitrogens with zero attached hydrogens (tertiary/aromatic N) is 2. The van der Waals surface area contributed by atoms with E-state index in [9.17, 15) is 29.4 Å². The third-order valence-corrected chi connectivity index (χ3v) is 5.13. The average molecular weight is 431 g/mol. The maximum Gasteiger partial charge on any atom is 0.429 e. The Labute approximate surface area is 178 Å². The topological polar surface area (TPSA) is 139 Å². The Morgan fingerprint density at radius 2 is 1.03 bits per heavy atom. The summed E-state index contributed by atoms with van der Waals surface area (Å²) in [4.78, 5) is 47.8. The van der Waals surface area contributed by atoms with Crippen LogP contribution in [-0.2, 0) is 9.59 Å². The SMILES string of the molecule is CCCCC(CC)CNN(C(=O)O)C(=O)C(=O)N(NCC(CC)CCCC)C(=O)O. The molecule has 4 amide bonds. The fraction of sp³-hybridized carbons (Fsp3) is 0.800. The minimum atomic E-state index is -1.67. The number of unbranched alkanes of at least 4 members (excludes halogenated alkanes) is 2. The molecule has 0 heterocycles. The van der Waals surface area contributed by atoms with Gasteiger partial charge in [0.25, 0.3) is 0 Å². The van der Waals surface area contributed by atoms with Gasteiger partial charge in [-0.15, -0.1) is 0 Å². The second kappa shape index (κ2) is 15.6. The van der Waals surface area contributed by atoms with Crippen molar-refractivity contribution in [3.63, 3.8) is 0 Å². The van der Waals surface area contributed by atoms with Crippen LogP contribution in [0, 0.1) is 11.8 Å². The number of imide groups is 2. The summed E-state index contributed by atoms with van der Waals surface area (Å²) >= 11 is 0. The number of rotatable bonds is 14. The van der Waals surface area contributed by atoms with Crippen LogP contribution in [-0.4, -0.2) is 57.3 Å². The summed E-state index contributed by atoms with van der Waals surface area (Å²) in [5.41, 5.74) is 4.95. The Bertz CT molecular complexity index is 509. The fourth-order valence-electron chi connectivity index (χ4n) is 2.97. The number of hydrogen-bond acceptors (Lipinski definition) is 6. The first-order valence-corrected chi connectivity index (χ1v) is 10.8. The summed E-state index contributed by atoms with van der Waals surface area (Å²) in [6, 6.07) is 0. The smallest absolute Gasteiger partial charge is 0.429 e. The maximum absolute atomic E-state index is 12.4. The molecule has 4 N–H and O–H groups in total. The van der Waals surface area contributed by atoms with E-state index in [0.717, 1.165) is 51.4 Å². The quantitative estimate of drug-likeness (QED) is 0.243. The van der Waals surface area contributed by atoms with Crippen LogP contribution in [0.15, 0.2) is 0 Å². The Balaban J connectivity index is 5.10. The van der Waals surface area contributed by atoms with E-state index in [-0.39, 0.29) is 34.9 Å². The van der Waals surface area contributed by atoms with E-state index in [1.165, 1.54) is 0 Å². The molecule has 0 saturated carbocycles. The van der Waals surface area contributed by atoms with Gasteiger partial charge < -0.3 is 10.2 Å². The molecule has 0 aliphatic heterocycles. The molecule has 0 spiro atoms. The van der Waals surface area contributed by atoms with Gasteiger partial charge in [-0.2, -0.15) is 10.0 Å². The molecule has 0 radical (unpaired) electrons. The van der Waals surface area contributed by atoms with Crippen LogP contribution in [0.25, 0.3) is 0 Å². The summed E-state index contributed by atoms with van der Waals surface area (Å²) < 4.78 is 0. The first-order chi connectivity index (χ1) is 14.2. The number of amides is 4. The zero-order chi connectivity index (χ0) is 23.1. The Morgan fingerprint density at radius 1 is 0.700 bits per heavy atom. The number of carboxylic acid groups (broad SMARTS) is 2. The predicted octanol–water partition coefficient (Wildman–Crippen LogP) is 3.44. The largest absolute Gasteiger partial charge is 0.464 e. The van der Waals surface area contributed by atoms with Crippen LogP contribution in [0.3, 0.4) is 0 Å². The van der Waals surface area contributed by atoms with Gasteiger partial charge in [0.05, 0.1) is 0 Å². The molecular formula is C20H38N4O6. The van der Waals surface area contributed by atoms with Gasteiger partial charge in [-0.3, -0.25) is 9.59 Å². The Kier molecular flexibility index (Phi) is 14.5. The number of hydrazine groups is 2. The van der Waals surface area contributed by atoms with Crippen molar-refractivity contribution >= 4 is 24.0 Å². The number of carbonyl (C=O) groups excluding carboxylic acids is 2. The monoisotopic (exact) mass is 430 g/mol. The van der Waals surface area contributed by atoms with Gasteiger partial charge in [-0.1, -0.05) is 66.2 Å². The molecule has 0 aromatic carbocycles. The molecule has 0 bridgehead atoms. The molecule has 0 aliphatic rings. The lowest BCUT2D eigenvalue weighted by Gasteiger charge is -2.25. The first kappa shape index (κ1) is 27.8. The first-order valence-electron chi connectivity index (χ1n) is 10.8. The highest BCUT2D eigenvalue weighted by atomic mass is 16.4. The highest BCUT2D eigenvalue weighted by Gasteiger charge is 2.35. The molecule has 30 heavy (non-hydrogen) atoms. The molecule has 2 unspecified atom stereocenters.